The number of carbonyl (C=O) groups excluding carboxylic acids is 1. The predicted octanol–water partition coefficient (Wildman–Crippen LogP) is 2.96. The van der Waals surface area contributed by atoms with Crippen molar-refractivity contribution >= 4 is 24.0 Å². The van der Waals surface area contributed by atoms with Crippen molar-refractivity contribution in [3.63, 3.8) is 0 Å². The highest BCUT2D eigenvalue weighted by atomic mass is 35.5. The summed E-state index contributed by atoms with van der Waals surface area (Å²) < 4.78 is 13.6. The number of benzene rings is 2. The molecule has 0 heterocycles. The number of carbonyl (C=O) groups is 1. The van der Waals surface area contributed by atoms with Gasteiger partial charge in [0.2, 0.25) is 0 Å². The van der Waals surface area contributed by atoms with Crippen LogP contribution in [0.2, 0.25) is 0 Å². The van der Waals surface area contributed by atoms with Crippen molar-refractivity contribution in [1.29, 1.82) is 0 Å². The molecule has 0 saturated carbocycles. The third-order valence-electron chi connectivity index (χ3n) is 3.67. The van der Waals surface area contributed by atoms with Gasteiger partial charge >= 0.3 is 0 Å². The lowest BCUT2D eigenvalue weighted by molar-refractivity contribution is 0.0953. The van der Waals surface area contributed by atoms with Crippen molar-refractivity contribution in [2.75, 3.05) is 25.0 Å². The highest BCUT2D eigenvalue weighted by Crippen LogP contribution is 2.16. The molecule has 130 valence electrons. The molecule has 3 N–H and O–H groups in total. The number of para-hydroxylation sites is 1. The van der Waals surface area contributed by atoms with Gasteiger partial charge in [0.15, 0.2) is 0 Å². The smallest absolute Gasteiger partial charge is 0.251 e. The molecule has 0 saturated heterocycles. The second-order valence-electron chi connectivity index (χ2n) is 5.38. The number of hydrogen-bond acceptors (Lipinski definition) is 3. The topological polar surface area (TPSA) is 58.4 Å². The van der Waals surface area contributed by atoms with Gasteiger partial charge < -0.3 is 16.0 Å². The van der Waals surface area contributed by atoms with Gasteiger partial charge in [-0.25, -0.2) is 4.39 Å². The zero-order valence-electron chi connectivity index (χ0n) is 13.7. The minimum Gasteiger partial charge on any atom is -0.372 e. The molecule has 0 aromatic heterocycles. The number of anilines is 1. The largest absolute Gasteiger partial charge is 0.372 e. The van der Waals surface area contributed by atoms with Crippen LogP contribution in [0.3, 0.4) is 0 Å². The summed E-state index contributed by atoms with van der Waals surface area (Å²) in [6, 6.07) is 13.9. The zero-order valence-corrected chi connectivity index (χ0v) is 14.5. The van der Waals surface area contributed by atoms with E-state index in [1.807, 2.05) is 30.1 Å². The van der Waals surface area contributed by atoms with Crippen molar-refractivity contribution in [1.82, 2.24) is 5.32 Å². The van der Waals surface area contributed by atoms with E-state index in [9.17, 15) is 9.18 Å². The Morgan fingerprint density at radius 2 is 1.83 bits per heavy atom. The molecule has 0 unspecified atom stereocenters. The molecule has 0 aliphatic carbocycles. The molecule has 0 bridgehead atoms. The summed E-state index contributed by atoms with van der Waals surface area (Å²) >= 11 is 0. The van der Waals surface area contributed by atoms with Crippen LogP contribution >= 0.6 is 12.4 Å². The molecule has 2 rings (SSSR count). The lowest BCUT2D eigenvalue weighted by Gasteiger charge is -2.19. The number of amides is 1. The first kappa shape index (κ1) is 19.9. The van der Waals surface area contributed by atoms with Gasteiger partial charge in [0.25, 0.3) is 5.91 Å². The summed E-state index contributed by atoms with van der Waals surface area (Å²) in [4.78, 5) is 13.8. The molecule has 0 atom stereocenters. The Bertz CT molecular complexity index is 649. The van der Waals surface area contributed by atoms with E-state index in [1.165, 1.54) is 6.07 Å². The molecule has 6 heteroatoms. The first-order valence-corrected chi connectivity index (χ1v) is 7.64. The van der Waals surface area contributed by atoms with Gasteiger partial charge in [-0.15, -0.1) is 12.4 Å². The fourth-order valence-corrected chi connectivity index (χ4v) is 2.29. The van der Waals surface area contributed by atoms with Gasteiger partial charge in [-0.05, 0) is 36.2 Å². The molecular weight excluding hydrogens is 329 g/mol. The van der Waals surface area contributed by atoms with Crippen molar-refractivity contribution in [3.8, 4) is 0 Å². The summed E-state index contributed by atoms with van der Waals surface area (Å²) in [7, 11) is 1.84. The minimum absolute atomic E-state index is 0. The Balaban J connectivity index is 0.00000288. The van der Waals surface area contributed by atoms with Crippen molar-refractivity contribution < 1.29 is 9.18 Å². The maximum absolute atomic E-state index is 13.6. The second-order valence-corrected chi connectivity index (χ2v) is 5.38. The summed E-state index contributed by atoms with van der Waals surface area (Å²) in [6.45, 7) is 1.66. The van der Waals surface area contributed by atoms with Crippen LogP contribution in [0.15, 0.2) is 48.5 Å². The summed E-state index contributed by atoms with van der Waals surface area (Å²) in [5.41, 5.74) is 7.70. The predicted molar refractivity (Wildman–Crippen MR) is 98.2 cm³/mol. The fourth-order valence-electron chi connectivity index (χ4n) is 2.29. The van der Waals surface area contributed by atoms with Crippen LogP contribution in [0.25, 0.3) is 0 Å². The van der Waals surface area contributed by atoms with Crippen LogP contribution in [0.1, 0.15) is 22.3 Å². The SMILES string of the molecule is CN(CCCNC(=O)c1ccc(CN)cc1)c1ccccc1F.Cl. The summed E-state index contributed by atoms with van der Waals surface area (Å²) in [5, 5.41) is 2.87. The van der Waals surface area contributed by atoms with E-state index in [4.69, 9.17) is 5.73 Å². The first-order chi connectivity index (χ1) is 11.1. The molecular formula is C18H23ClFN3O. The van der Waals surface area contributed by atoms with E-state index in [-0.39, 0.29) is 24.1 Å². The van der Waals surface area contributed by atoms with Gasteiger partial charge in [0, 0.05) is 32.2 Å². The van der Waals surface area contributed by atoms with E-state index in [2.05, 4.69) is 5.32 Å². The molecule has 2 aromatic rings. The highest BCUT2D eigenvalue weighted by molar-refractivity contribution is 5.94. The third kappa shape index (κ3) is 5.51. The molecule has 1 amide bonds. The monoisotopic (exact) mass is 351 g/mol. The standard InChI is InChI=1S/C18H22FN3O.ClH/c1-22(17-6-3-2-5-16(17)19)12-4-11-21-18(23)15-9-7-14(13-20)8-10-15;/h2-3,5-10H,4,11-13,20H2,1H3,(H,21,23);1H. The van der Waals surface area contributed by atoms with Crippen LogP contribution in [0.4, 0.5) is 10.1 Å². The average molecular weight is 352 g/mol. The highest BCUT2D eigenvalue weighted by Gasteiger charge is 2.07. The number of halogens is 2. The fraction of sp³-hybridized carbons (Fsp3) is 0.278. The Morgan fingerprint density at radius 1 is 1.17 bits per heavy atom. The van der Waals surface area contributed by atoms with Crippen LogP contribution in [0.5, 0.6) is 0 Å². The minimum atomic E-state index is -0.237. The number of hydrogen-bond donors (Lipinski definition) is 2. The number of nitrogens with zero attached hydrogens (tertiary/aromatic N) is 1. The molecule has 0 radical (unpaired) electrons. The average Bonchev–Trinajstić information content (AvgIpc) is 2.58. The van der Waals surface area contributed by atoms with Crippen LogP contribution in [0, 0.1) is 5.82 Å². The van der Waals surface area contributed by atoms with Gasteiger partial charge in [-0.1, -0.05) is 24.3 Å². The second kappa shape index (κ2) is 9.90. The maximum atomic E-state index is 13.6. The maximum Gasteiger partial charge on any atom is 0.251 e. The Hall–Kier alpha value is -2.11. The van der Waals surface area contributed by atoms with E-state index in [0.717, 1.165) is 12.0 Å². The van der Waals surface area contributed by atoms with Crippen LogP contribution in [-0.4, -0.2) is 26.0 Å². The normalized spacial score (nSPS) is 9.96. The Morgan fingerprint density at radius 3 is 2.46 bits per heavy atom. The molecule has 0 fully saturated rings. The molecule has 0 aliphatic rings. The molecule has 2 aromatic carbocycles. The molecule has 4 nitrogen and oxygen atoms in total. The molecule has 0 aliphatic heterocycles. The molecule has 24 heavy (non-hydrogen) atoms. The van der Waals surface area contributed by atoms with E-state index in [1.54, 1.807) is 24.3 Å². The first-order valence-electron chi connectivity index (χ1n) is 7.64. The summed E-state index contributed by atoms with van der Waals surface area (Å²) in [5.74, 6) is -0.346. The summed E-state index contributed by atoms with van der Waals surface area (Å²) in [6.07, 6.45) is 0.734. The van der Waals surface area contributed by atoms with E-state index >= 15 is 0 Å². The number of rotatable bonds is 7. The van der Waals surface area contributed by atoms with Crippen molar-refractivity contribution in [3.05, 3.63) is 65.5 Å². The van der Waals surface area contributed by atoms with Crippen molar-refractivity contribution in [2.24, 2.45) is 5.73 Å². The van der Waals surface area contributed by atoms with Gasteiger partial charge in [0.05, 0.1) is 5.69 Å². The van der Waals surface area contributed by atoms with Crippen LogP contribution < -0.4 is 16.0 Å². The van der Waals surface area contributed by atoms with Gasteiger partial charge in [-0.3, -0.25) is 4.79 Å². The molecule has 0 spiro atoms. The van der Waals surface area contributed by atoms with E-state index in [0.29, 0.717) is 30.9 Å². The third-order valence-corrected chi connectivity index (χ3v) is 3.67. The van der Waals surface area contributed by atoms with Crippen molar-refractivity contribution in [2.45, 2.75) is 13.0 Å². The lowest BCUT2D eigenvalue weighted by Crippen LogP contribution is -2.28. The quantitative estimate of drug-likeness (QED) is 0.754. The van der Waals surface area contributed by atoms with Gasteiger partial charge in [-0.2, -0.15) is 0 Å². The van der Waals surface area contributed by atoms with Crippen LogP contribution in [-0.2, 0) is 6.54 Å². The number of nitrogens with two attached hydrogens (primary N) is 1. The lowest BCUT2D eigenvalue weighted by atomic mass is 10.1. The zero-order chi connectivity index (χ0) is 16.7. The Labute approximate surface area is 148 Å². The Kier molecular flexibility index (Phi) is 8.22. The number of nitrogens with one attached hydrogen (secondary N) is 1. The van der Waals surface area contributed by atoms with E-state index < -0.39 is 0 Å². The van der Waals surface area contributed by atoms with Gasteiger partial charge in [0.1, 0.15) is 5.82 Å².